The molecule has 0 bridgehead atoms. The molecule has 6 heteroatoms. The standard InChI is InChI=1S/C17H22N4O2/c1-12(22)17(21-8-6-18-7-9-21)20-14-10-13-4-3-5-19-16(13)15(11-14)23-2/h3-5,10-11,17-18,20H,6-9H2,1-2H3. The van der Waals surface area contributed by atoms with E-state index in [1.54, 1.807) is 20.2 Å². The number of nitrogens with one attached hydrogen (secondary N) is 2. The number of hydrogen-bond donors (Lipinski definition) is 2. The van der Waals surface area contributed by atoms with Crippen molar-refractivity contribution in [1.29, 1.82) is 0 Å². The lowest BCUT2D eigenvalue weighted by Gasteiger charge is -2.34. The van der Waals surface area contributed by atoms with Crippen LogP contribution in [0.3, 0.4) is 0 Å². The van der Waals surface area contributed by atoms with Crippen LogP contribution in [0.2, 0.25) is 0 Å². The van der Waals surface area contributed by atoms with Crippen LogP contribution in [0.25, 0.3) is 10.9 Å². The van der Waals surface area contributed by atoms with E-state index >= 15 is 0 Å². The molecule has 2 aromatic rings. The molecule has 1 aromatic heterocycles. The molecule has 0 saturated carbocycles. The predicted octanol–water partition coefficient (Wildman–Crippen LogP) is 1.48. The summed E-state index contributed by atoms with van der Waals surface area (Å²) in [5, 5.41) is 7.64. The smallest absolute Gasteiger partial charge is 0.166 e. The molecule has 1 aromatic carbocycles. The number of ether oxygens (including phenoxy) is 1. The lowest BCUT2D eigenvalue weighted by Crippen LogP contribution is -2.53. The number of methoxy groups -OCH3 is 1. The number of anilines is 1. The summed E-state index contributed by atoms with van der Waals surface area (Å²) < 4.78 is 5.44. The Kier molecular flexibility index (Phi) is 4.73. The molecule has 2 heterocycles. The van der Waals surface area contributed by atoms with E-state index in [9.17, 15) is 4.79 Å². The second kappa shape index (κ2) is 6.93. The second-order valence-electron chi connectivity index (χ2n) is 5.70. The number of pyridine rings is 1. The molecule has 1 saturated heterocycles. The summed E-state index contributed by atoms with van der Waals surface area (Å²) >= 11 is 0. The van der Waals surface area contributed by atoms with Crippen LogP contribution in [-0.2, 0) is 4.79 Å². The maximum atomic E-state index is 12.1. The van der Waals surface area contributed by atoms with Gasteiger partial charge in [-0.15, -0.1) is 0 Å². The molecule has 2 N–H and O–H groups in total. The highest BCUT2D eigenvalue weighted by molar-refractivity contribution is 5.90. The molecule has 1 aliphatic rings. The third-order valence-electron chi connectivity index (χ3n) is 4.10. The van der Waals surface area contributed by atoms with Crippen LogP contribution in [0, 0.1) is 0 Å². The summed E-state index contributed by atoms with van der Waals surface area (Å²) in [4.78, 5) is 18.6. The minimum absolute atomic E-state index is 0.108. The largest absolute Gasteiger partial charge is 0.494 e. The number of carbonyl (C=O) groups excluding carboxylic acids is 1. The van der Waals surface area contributed by atoms with Crippen molar-refractivity contribution in [2.24, 2.45) is 0 Å². The number of fused-ring (bicyclic) bond motifs is 1. The van der Waals surface area contributed by atoms with E-state index in [4.69, 9.17) is 4.74 Å². The van der Waals surface area contributed by atoms with Crippen LogP contribution >= 0.6 is 0 Å². The maximum Gasteiger partial charge on any atom is 0.166 e. The number of ketones is 1. The van der Waals surface area contributed by atoms with Gasteiger partial charge in [0, 0.05) is 49.5 Å². The first kappa shape index (κ1) is 15.7. The number of aromatic nitrogens is 1. The number of nitrogens with zero attached hydrogens (tertiary/aromatic N) is 2. The van der Waals surface area contributed by atoms with Crippen molar-refractivity contribution in [2.75, 3.05) is 38.6 Å². The molecule has 0 radical (unpaired) electrons. The average molecular weight is 314 g/mol. The molecular weight excluding hydrogens is 292 g/mol. The van der Waals surface area contributed by atoms with Crippen molar-refractivity contribution in [2.45, 2.75) is 13.1 Å². The average Bonchev–Trinajstić information content (AvgIpc) is 2.59. The molecule has 0 amide bonds. The van der Waals surface area contributed by atoms with Crippen LogP contribution in [0.4, 0.5) is 5.69 Å². The first-order valence-corrected chi connectivity index (χ1v) is 7.83. The first-order valence-electron chi connectivity index (χ1n) is 7.83. The van der Waals surface area contributed by atoms with E-state index in [2.05, 4.69) is 20.5 Å². The Labute approximate surface area is 135 Å². The lowest BCUT2D eigenvalue weighted by atomic mass is 10.1. The molecule has 23 heavy (non-hydrogen) atoms. The summed E-state index contributed by atoms with van der Waals surface area (Å²) in [7, 11) is 1.63. The quantitative estimate of drug-likeness (QED) is 0.871. The number of piperazine rings is 1. The van der Waals surface area contributed by atoms with Crippen molar-refractivity contribution in [1.82, 2.24) is 15.2 Å². The summed E-state index contributed by atoms with van der Waals surface area (Å²) in [6, 6.07) is 7.78. The molecule has 1 unspecified atom stereocenters. The van der Waals surface area contributed by atoms with Crippen LogP contribution in [0.15, 0.2) is 30.5 Å². The van der Waals surface area contributed by atoms with E-state index in [1.165, 1.54) is 0 Å². The molecule has 1 aliphatic heterocycles. The van der Waals surface area contributed by atoms with Gasteiger partial charge in [-0.3, -0.25) is 14.7 Å². The van der Waals surface area contributed by atoms with Gasteiger partial charge < -0.3 is 15.4 Å². The monoisotopic (exact) mass is 314 g/mol. The third kappa shape index (κ3) is 3.43. The Bertz CT molecular complexity index is 698. The molecule has 0 spiro atoms. The third-order valence-corrected chi connectivity index (χ3v) is 4.10. The number of Topliss-reactive ketones (excluding diaryl/α,β-unsaturated/α-hetero) is 1. The second-order valence-corrected chi connectivity index (χ2v) is 5.70. The summed E-state index contributed by atoms with van der Waals surface area (Å²) in [6.07, 6.45) is 1.42. The zero-order valence-electron chi connectivity index (χ0n) is 13.5. The zero-order chi connectivity index (χ0) is 16.2. The van der Waals surface area contributed by atoms with Gasteiger partial charge in [-0.2, -0.15) is 0 Å². The normalized spacial score (nSPS) is 17.0. The Morgan fingerprint density at radius 1 is 1.39 bits per heavy atom. The van der Waals surface area contributed by atoms with Crippen LogP contribution < -0.4 is 15.4 Å². The fourth-order valence-electron chi connectivity index (χ4n) is 2.95. The van der Waals surface area contributed by atoms with Gasteiger partial charge in [0.25, 0.3) is 0 Å². The topological polar surface area (TPSA) is 66.5 Å². The Balaban J connectivity index is 1.90. The van der Waals surface area contributed by atoms with Gasteiger partial charge in [0.15, 0.2) is 5.78 Å². The number of rotatable bonds is 5. The summed E-state index contributed by atoms with van der Waals surface area (Å²) in [5.41, 5.74) is 1.68. The predicted molar refractivity (Wildman–Crippen MR) is 90.8 cm³/mol. The molecule has 1 fully saturated rings. The van der Waals surface area contributed by atoms with Crippen molar-refractivity contribution in [3.63, 3.8) is 0 Å². The Hall–Kier alpha value is -2.18. The van der Waals surface area contributed by atoms with Crippen molar-refractivity contribution in [3.8, 4) is 5.75 Å². The number of carbonyl (C=O) groups is 1. The van der Waals surface area contributed by atoms with E-state index in [-0.39, 0.29) is 11.9 Å². The molecular formula is C17H22N4O2. The van der Waals surface area contributed by atoms with Gasteiger partial charge in [-0.05, 0) is 19.1 Å². The fraction of sp³-hybridized carbons (Fsp3) is 0.412. The number of benzene rings is 1. The van der Waals surface area contributed by atoms with E-state index in [1.807, 2.05) is 24.3 Å². The van der Waals surface area contributed by atoms with Crippen molar-refractivity contribution in [3.05, 3.63) is 30.5 Å². The minimum atomic E-state index is -0.323. The van der Waals surface area contributed by atoms with Gasteiger partial charge in [0.1, 0.15) is 17.4 Å². The van der Waals surface area contributed by atoms with E-state index in [0.717, 1.165) is 42.8 Å². The Morgan fingerprint density at radius 3 is 2.87 bits per heavy atom. The van der Waals surface area contributed by atoms with Gasteiger partial charge in [-0.1, -0.05) is 6.07 Å². The van der Waals surface area contributed by atoms with Crippen LogP contribution in [0.1, 0.15) is 6.92 Å². The SMILES string of the molecule is COc1cc(NC(C(C)=O)N2CCNCC2)cc2cccnc12. The van der Waals surface area contributed by atoms with Gasteiger partial charge in [0.2, 0.25) is 0 Å². The highest BCUT2D eigenvalue weighted by Crippen LogP contribution is 2.28. The molecule has 122 valence electrons. The summed E-state index contributed by atoms with van der Waals surface area (Å²) in [6.45, 7) is 5.12. The zero-order valence-corrected chi connectivity index (χ0v) is 13.5. The van der Waals surface area contributed by atoms with Crippen molar-refractivity contribution < 1.29 is 9.53 Å². The maximum absolute atomic E-state index is 12.1. The molecule has 3 rings (SSSR count). The van der Waals surface area contributed by atoms with E-state index < -0.39 is 0 Å². The fourth-order valence-corrected chi connectivity index (χ4v) is 2.95. The van der Waals surface area contributed by atoms with Crippen LogP contribution in [-0.4, -0.2) is 55.1 Å². The molecule has 1 atom stereocenters. The van der Waals surface area contributed by atoms with Gasteiger partial charge in [0.05, 0.1) is 7.11 Å². The van der Waals surface area contributed by atoms with Crippen molar-refractivity contribution >= 4 is 22.4 Å². The lowest BCUT2D eigenvalue weighted by molar-refractivity contribution is -0.121. The molecule has 6 nitrogen and oxygen atoms in total. The number of hydrogen-bond acceptors (Lipinski definition) is 6. The summed E-state index contributed by atoms with van der Waals surface area (Å²) in [5.74, 6) is 0.811. The molecule has 0 aliphatic carbocycles. The Morgan fingerprint density at radius 2 is 2.17 bits per heavy atom. The minimum Gasteiger partial charge on any atom is -0.494 e. The van der Waals surface area contributed by atoms with Gasteiger partial charge >= 0.3 is 0 Å². The van der Waals surface area contributed by atoms with Crippen LogP contribution in [0.5, 0.6) is 5.75 Å². The first-order chi connectivity index (χ1) is 11.2. The highest BCUT2D eigenvalue weighted by atomic mass is 16.5. The van der Waals surface area contributed by atoms with E-state index in [0.29, 0.717) is 5.75 Å². The highest BCUT2D eigenvalue weighted by Gasteiger charge is 2.24. The van der Waals surface area contributed by atoms with Gasteiger partial charge in [-0.25, -0.2) is 0 Å².